The zero-order chi connectivity index (χ0) is 15.8. The lowest BCUT2D eigenvalue weighted by Gasteiger charge is -2.16. The summed E-state index contributed by atoms with van der Waals surface area (Å²) >= 11 is 0. The number of aliphatic imine (C=N–C) groups is 1. The van der Waals surface area contributed by atoms with Gasteiger partial charge in [0.1, 0.15) is 5.75 Å². The van der Waals surface area contributed by atoms with Gasteiger partial charge in [-0.1, -0.05) is 37.8 Å². The van der Waals surface area contributed by atoms with Crippen LogP contribution < -0.4 is 15.8 Å². The number of halogens is 1. The Hall–Kier alpha value is -0.980. The number of guanidine groups is 1. The normalized spacial score (nSPS) is 16.3. The molecule has 0 amide bonds. The molecule has 4 nitrogen and oxygen atoms in total. The highest BCUT2D eigenvalue weighted by molar-refractivity contribution is 14.0. The number of aryl methyl sites for hydroxylation is 1. The number of ether oxygens (including phenoxy) is 1. The van der Waals surface area contributed by atoms with Crippen molar-refractivity contribution in [1.29, 1.82) is 0 Å². The molecule has 0 radical (unpaired) electrons. The average molecular weight is 431 g/mol. The largest absolute Gasteiger partial charge is 0.496 e. The number of nitrogens with two attached hydrogens (primary N) is 1. The van der Waals surface area contributed by atoms with Crippen molar-refractivity contribution in [2.45, 2.75) is 57.9 Å². The highest BCUT2D eigenvalue weighted by Gasteiger charge is 2.12. The standard InChI is InChI=1S/C18H29N3O.HI/c1-14-9-10-15(13-17(14)22-2)11-12-20-18(19)21-16-7-5-3-4-6-8-16;/h9-10,13,16H,3-8,11-12H2,1-2H3,(H3,19,20,21);1H. The van der Waals surface area contributed by atoms with Crippen LogP contribution in [0.15, 0.2) is 23.2 Å². The van der Waals surface area contributed by atoms with Crippen LogP contribution in [-0.2, 0) is 6.42 Å². The number of methoxy groups -OCH3 is 1. The third-order valence-corrected chi connectivity index (χ3v) is 4.36. The Labute approximate surface area is 157 Å². The summed E-state index contributed by atoms with van der Waals surface area (Å²) in [5, 5.41) is 3.38. The zero-order valence-corrected chi connectivity index (χ0v) is 16.6. The molecule has 3 N–H and O–H groups in total. The lowest BCUT2D eigenvalue weighted by atomic mass is 10.1. The third-order valence-electron chi connectivity index (χ3n) is 4.36. The first-order valence-electron chi connectivity index (χ1n) is 8.39. The summed E-state index contributed by atoms with van der Waals surface area (Å²) in [6.45, 7) is 2.76. The predicted octanol–water partition coefficient (Wildman–Crippen LogP) is 3.79. The summed E-state index contributed by atoms with van der Waals surface area (Å²) < 4.78 is 5.35. The van der Waals surface area contributed by atoms with Crippen LogP contribution in [0.3, 0.4) is 0 Å². The van der Waals surface area contributed by atoms with Crippen LogP contribution in [0.4, 0.5) is 0 Å². The minimum absolute atomic E-state index is 0. The van der Waals surface area contributed by atoms with Crippen LogP contribution in [-0.4, -0.2) is 25.7 Å². The Morgan fingerprint density at radius 3 is 2.61 bits per heavy atom. The van der Waals surface area contributed by atoms with Gasteiger partial charge >= 0.3 is 0 Å². The van der Waals surface area contributed by atoms with Gasteiger partial charge in [-0.2, -0.15) is 0 Å². The van der Waals surface area contributed by atoms with Crippen molar-refractivity contribution < 1.29 is 4.74 Å². The number of benzene rings is 1. The van der Waals surface area contributed by atoms with E-state index in [0.29, 0.717) is 18.5 Å². The van der Waals surface area contributed by atoms with Crippen molar-refractivity contribution in [1.82, 2.24) is 5.32 Å². The molecule has 1 saturated carbocycles. The summed E-state index contributed by atoms with van der Waals surface area (Å²) in [5.41, 5.74) is 8.40. The van der Waals surface area contributed by atoms with Crippen molar-refractivity contribution in [2.24, 2.45) is 10.7 Å². The van der Waals surface area contributed by atoms with Crippen LogP contribution in [0, 0.1) is 6.92 Å². The molecule has 0 heterocycles. The maximum absolute atomic E-state index is 6.01. The van der Waals surface area contributed by atoms with Crippen molar-refractivity contribution in [3.05, 3.63) is 29.3 Å². The summed E-state index contributed by atoms with van der Waals surface area (Å²) in [6.07, 6.45) is 8.61. The molecule has 0 aliphatic heterocycles. The summed E-state index contributed by atoms with van der Waals surface area (Å²) in [4.78, 5) is 4.46. The number of nitrogens with zero attached hydrogens (tertiary/aromatic N) is 1. The van der Waals surface area contributed by atoms with Gasteiger partial charge in [-0.15, -0.1) is 24.0 Å². The van der Waals surface area contributed by atoms with E-state index in [-0.39, 0.29) is 24.0 Å². The van der Waals surface area contributed by atoms with E-state index in [0.717, 1.165) is 17.7 Å². The Morgan fingerprint density at radius 1 is 1.26 bits per heavy atom. The van der Waals surface area contributed by atoms with E-state index in [1.165, 1.54) is 44.1 Å². The first-order chi connectivity index (χ1) is 10.7. The minimum atomic E-state index is 0. The molecular weight excluding hydrogens is 401 g/mol. The van der Waals surface area contributed by atoms with Gasteiger partial charge in [0.15, 0.2) is 5.96 Å². The second-order valence-corrected chi connectivity index (χ2v) is 6.15. The molecule has 5 heteroatoms. The fourth-order valence-corrected chi connectivity index (χ4v) is 3.00. The fourth-order valence-electron chi connectivity index (χ4n) is 3.00. The predicted molar refractivity (Wildman–Crippen MR) is 108 cm³/mol. The van der Waals surface area contributed by atoms with Crippen molar-refractivity contribution in [3.8, 4) is 5.75 Å². The van der Waals surface area contributed by atoms with Crippen LogP contribution in [0.1, 0.15) is 49.7 Å². The summed E-state index contributed by atoms with van der Waals surface area (Å²) in [5.74, 6) is 1.53. The van der Waals surface area contributed by atoms with Gasteiger partial charge in [-0.3, -0.25) is 4.99 Å². The molecule has 0 aromatic heterocycles. The Morgan fingerprint density at radius 2 is 1.96 bits per heavy atom. The van der Waals surface area contributed by atoms with Crippen molar-refractivity contribution in [2.75, 3.05) is 13.7 Å². The van der Waals surface area contributed by atoms with E-state index in [1.807, 2.05) is 0 Å². The second-order valence-electron chi connectivity index (χ2n) is 6.15. The minimum Gasteiger partial charge on any atom is -0.496 e. The van der Waals surface area contributed by atoms with Gasteiger partial charge in [-0.05, 0) is 43.4 Å². The Bertz CT molecular complexity index is 497. The lowest BCUT2D eigenvalue weighted by molar-refractivity contribution is 0.411. The zero-order valence-electron chi connectivity index (χ0n) is 14.3. The van der Waals surface area contributed by atoms with E-state index < -0.39 is 0 Å². The molecule has 0 saturated heterocycles. The topological polar surface area (TPSA) is 59.6 Å². The summed E-state index contributed by atoms with van der Waals surface area (Å²) in [6, 6.07) is 6.80. The number of nitrogens with one attached hydrogen (secondary N) is 1. The molecule has 0 spiro atoms. The third kappa shape index (κ3) is 6.97. The maximum atomic E-state index is 6.01. The molecule has 1 aromatic rings. The van der Waals surface area contributed by atoms with E-state index in [4.69, 9.17) is 10.5 Å². The Balaban J connectivity index is 0.00000264. The SMILES string of the molecule is COc1cc(CCN=C(N)NC2CCCCCC2)ccc1C.I. The van der Waals surface area contributed by atoms with E-state index in [1.54, 1.807) is 7.11 Å². The van der Waals surface area contributed by atoms with Gasteiger partial charge in [0.05, 0.1) is 7.11 Å². The average Bonchev–Trinajstić information content (AvgIpc) is 2.77. The molecule has 0 unspecified atom stereocenters. The van der Waals surface area contributed by atoms with Crippen LogP contribution in [0.25, 0.3) is 0 Å². The van der Waals surface area contributed by atoms with E-state index in [2.05, 4.69) is 35.4 Å². The number of rotatable bonds is 5. The van der Waals surface area contributed by atoms with E-state index >= 15 is 0 Å². The quantitative estimate of drug-likeness (QED) is 0.323. The van der Waals surface area contributed by atoms with Gasteiger partial charge in [0.25, 0.3) is 0 Å². The highest BCUT2D eigenvalue weighted by atomic mass is 127. The smallest absolute Gasteiger partial charge is 0.188 e. The Kier molecular flexibility index (Phi) is 9.36. The van der Waals surface area contributed by atoms with Crippen molar-refractivity contribution >= 4 is 29.9 Å². The molecule has 23 heavy (non-hydrogen) atoms. The number of hydrogen-bond acceptors (Lipinski definition) is 2. The maximum Gasteiger partial charge on any atom is 0.188 e. The van der Waals surface area contributed by atoms with Gasteiger partial charge < -0.3 is 15.8 Å². The fraction of sp³-hybridized carbons (Fsp3) is 0.611. The molecule has 1 aliphatic carbocycles. The van der Waals surface area contributed by atoms with Crippen molar-refractivity contribution in [3.63, 3.8) is 0 Å². The highest BCUT2D eigenvalue weighted by Crippen LogP contribution is 2.19. The lowest BCUT2D eigenvalue weighted by Crippen LogP contribution is -2.40. The first kappa shape index (κ1) is 20.1. The van der Waals surface area contributed by atoms with E-state index in [9.17, 15) is 0 Å². The summed E-state index contributed by atoms with van der Waals surface area (Å²) in [7, 11) is 1.71. The molecule has 1 fully saturated rings. The molecule has 0 bridgehead atoms. The first-order valence-corrected chi connectivity index (χ1v) is 8.39. The molecule has 1 aromatic carbocycles. The molecule has 130 valence electrons. The monoisotopic (exact) mass is 431 g/mol. The molecular formula is C18H30IN3O. The van der Waals surface area contributed by atoms with Gasteiger partial charge in [0, 0.05) is 12.6 Å². The number of hydrogen-bond donors (Lipinski definition) is 2. The molecule has 0 atom stereocenters. The van der Waals surface area contributed by atoms with Crippen LogP contribution in [0.2, 0.25) is 0 Å². The van der Waals surface area contributed by atoms with Crippen LogP contribution in [0.5, 0.6) is 5.75 Å². The molecule has 1 aliphatic rings. The van der Waals surface area contributed by atoms with Crippen LogP contribution >= 0.6 is 24.0 Å². The molecule has 2 rings (SSSR count). The van der Waals surface area contributed by atoms with Gasteiger partial charge in [-0.25, -0.2) is 0 Å². The van der Waals surface area contributed by atoms with Gasteiger partial charge in [0.2, 0.25) is 0 Å². The second kappa shape index (κ2) is 10.7.